The maximum absolute atomic E-state index is 11.5. The quantitative estimate of drug-likeness (QED) is 0.888. The van der Waals surface area contributed by atoms with Gasteiger partial charge >= 0.3 is 5.97 Å². The van der Waals surface area contributed by atoms with Gasteiger partial charge in [0, 0.05) is 18.9 Å². The maximum atomic E-state index is 11.5. The number of rotatable bonds is 4. The zero-order valence-corrected chi connectivity index (χ0v) is 11.9. The number of para-hydroxylation sites is 1. The number of benzene rings is 1. The Hall–Kier alpha value is -2.56. The standard InChI is InChI=1S/C16H17NO4/c1-11(18)17-16(15(19)20)9-7-12(8-10-16)13-5-3-4-6-14(13)21-2/h3-9H,10H2,1-2H3,(H,17,18)(H,19,20). The van der Waals surface area contributed by atoms with Gasteiger partial charge in [-0.25, -0.2) is 4.79 Å². The molecule has 1 atom stereocenters. The molecule has 1 aliphatic carbocycles. The second kappa shape index (κ2) is 5.83. The molecule has 0 bridgehead atoms. The molecule has 0 spiro atoms. The molecule has 0 radical (unpaired) electrons. The fourth-order valence-corrected chi connectivity index (χ4v) is 2.34. The van der Waals surface area contributed by atoms with E-state index in [9.17, 15) is 14.7 Å². The molecular weight excluding hydrogens is 270 g/mol. The largest absolute Gasteiger partial charge is 0.496 e. The fourth-order valence-electron chi connectivity index (χ4n) is 2.34. The Morgan fingerprint density at radius 3 is 2.57 bits per heavy atom. The van der Waals surface area contributed by atoms with Crippen molar-refractivity contribution in [2.75, 3.05) is 7.11 Å². The predicted molar refractivity (Wildman–Crippen MR) is 78.9 cm³/mol. The van der Waals surface area contributed by atoms with Crippen molar-refractivity contribution in [3.8, 4) is 5.75 Å². The predicted octanol–water partition coefficient (Wildman–Crippen LogP) is 2.00. The minimum Gasteiger partial charge on any atom is -0.496 e. The van der Waals surface area contributed by atoms with Crippen LogP contribution in [0.4, 0.5) is 0 Å². The third kappa shape index (κ3) is 2.97. The van der Waals surface area contributed by atoms with Crippen LogP contribution in [0.1, 0.15) is 18.9 Å². The highest BCUT2D eigenvalue weighted by atomic mass is 16.5. The number of carboxylic acids is 1. The van der Waals surface area contributed by atoms with Crippen LogP contribution in [0.2, 0.25) is 0 Å². The summed E-state index contributed by atoms with van der Waals surface area (Å²) in [6.45, 7) is 1.30. The van der Waals surface area contributed by atoms with Gasteiger partial charge in [-0.3, -0.25) is 4.79 Å². The monoisotopic (exact) mass is 287 g/mol. The van der Waals surface area contributed by atoms with Gasteiger partial charge in [-0.1, -0.05) is 30.4 Å². The summed E-state index contributed by atoms with van der Waals surface area (Å²) in [5, 5.41) is 11.9. The number of amides is 1. The molecule has 5 nitrogen and oxygen atoms in total. The molecular formula is C16H17NO4. The van der Waals surface area contributed by atoms with Gasteiger partial charge in [0.15, 0.2) is 5.54 Å². The number of hydrogen-bond donors (Lipinski definition) is 2. The molecule has 5 heteroatoms. The average molecular weight is 287 g/mol. The van der Waals surface area contributed by atoms with Gasteiger partial charge in [-0.2, -0.15) is 0 Å². The molecule has 1 aliphatic rings. The van der Waals surface area contributed by atoms with Crippen LogP contribution in [0.15, 0.2) is 42.5 Å². The molecule has 0 aliphatic heterocycles. The van der Waals surface area contributed by atoms with Gasteiger partial charge in [0.25, 0.3) is 0 Å². The third-order valence-corrected chi connectivity index (χ3v) is 3.39. The molecule has 2 N–H and O–H groups in total. The van der Waals surface area contributed by atoms with E-state index in [1.807, 2.05) is 24.3 Å². The molecule has 1 amide bonds. The van der Waals surface area contributed by atoms with Crippen LogP contribution in [0.3, 0.4) is 0 Å². The summed E-state index contributed by atoms with van der Waals surface area (Å²) in [4.78, 5) is 22.7. The second-order valence-corrected chi connectivity index (χ2v) is 4.85. The van der Waals surface area contributed by atoms with Gasteiger partial charge in [0.05, 0.1) is 7.11 Å². The van der Waals surface area contributed by atoms with Crippen LogP contribution in [0.25, 0.3) is 5.57 Å². The van der Waals surface area contributed by atoms with Crippen LogP contribution in [-0.2, 0) is 9.59 Å². The van der Waals surface area contributed by atoms with Gasteiger partial charge in [0.2, 0.25) is 5.91 Å². The van der Waals surface area contributed by atoms with E-state index >= 15 is 0 Å². The first-order valence-electron chi connectivity index (χ1n) is 6.53. The van der Waals surface area contributed by atoms with Crippen LogP contribution in [0.5, 0.6) is 5.75 Å². The summed E-state index contributed by atoms with van der Waals surface area (Å²) >= 11 is 0. The summed E-state index contributed by atoms with van der Waals surface area (Å²) in [5.41, 5.74) is 0.380. The number of carbonyl (C=O) groups excluding carboxylic acids is 1. The van der Waals surface area contributed by atoms with Crippen molar-refractivity contribution in [3.63, 3.8) is 0 Å². The van der Waals surface area contributed by atoms with Crippen molar-refractivity contribution in [1.82, 2.24) is 5.32 Å². The number of methoxy groups -OCH3 is 1. The lowest BCUT2D eigenvalue weighted by molar-refractivity contribution is -0.145. The van der Waals surface area contributed by atoms with Crippen LogP contribution in [-0.4, -0.2) is 29.6 Å². The summed E-state index contributed by atoms with van der Waals surface area (Å²) in [5.74, 6) is -0.740. The van der Waals surface area contributed by atoms with E-state index in [-0.39, 0.29) is 12.3 Å². The van der Waals surface area contributed by atoms with E-state index in [4.69, 9.17) is 4.74 Å². The number of nitrogens with one attached hydrogen (secondary N) is 1. The van der Waals surface area contributed by atoms with Crippen molar-refractivity contribution in [2.24, 2.45) is 0 Å². The first kappa shape index (κ1) is 14.8. The van der Waals surface area contributed by atoms with Crippen molar-refractivity contribution < 1.29 is 19.4 Å². The SMILES string of the molecule is COc1ccccc1C1=CCC(NC(C)=O)(C(=O)O)C=C1. The maximum Gasteiger partial charge on any atom is 0.333 e. The Kier molecular flexibility index (Phi) is 4.12. The number of hydrogen-bond acceptors (Lipinski definition) is 3. The van der Waals surface area contributed by atoms with Gasteiger partial charge < -0.3 is 15.2 Å². The lowest BCUT2D eigenvalue weighted by atomic mass is 9.86. The topological polar surface area (TPSA) is 75.6 Å². The van der Waals surface area contributed by atoms with E-state index in [2.05, 4.69) is 5.32 Å². The minimum atomic E-state index is -1.38. The Bertz CT molecular complexity index is 633. The Morgan fingerprint density at radius 1 is 1.33 bits per heavy atom. The molecule has 110 valence electrons. The molecule has 0 fully saturated rings. The normalized spacial score (nSPS) is 20.6. The summed E-state index contributed by atoms with van der Waals surface area (Å²) < 4.78 is 5.30. The van der Waals surface area contributed by atoms with Gasteiger partial charge in [0.1, 0.15) is 5.75 Å². The van der Waals surface area contributed by atoms with Crippen molar-refractivity contribution in [1.29, 1.82) is 0 Å². The van der Waals surface area contributed by atoms with Crippen LogP contribution in [0, 0.1) is 0 Å². The lowest BCUT2D eigenvalue weighted by Crippen LogP contribution is -2.52. The number of ether oxygens (including phenoxy) is 1. The van der Waals surface area contributed by atoms with E-state index in [1.165, 1.54) is 13.0 Å². The number of aliphatic carboxylic acids is 1. The molecule has 1 aromatic carbocycles. The molecule has 1 unspecified atom stereocenters. The van der Waals surface area contributed by atoms with Crippen LogP contribution >= 0.6 is 0 Å². The first-order valence-corrected chi connectivity index (χ1v) is 6.53. The zero-order valence-electron chi connectivity index (χ0n) is 11.9. The minimum absolute atomic E-state index is 0.186. The molecule has 0 heterocycles. The molecule has 0 aromatic heterocycles. The molecule has 0 saturated heterocycles. The number of carboxylic acid groups (broad SMARTS) is 1. The molecule has 21 heavy (non-hydrogen) atoms. The summed E-state index contributed by atoms with van der Waals surface area (Å²) in [6, 6.07) is 7.51. The molecule has 0 saturated carbocycles. The first-order chi connectivity index (χ1) is 9.98. The third-order valence-electron chi connectivity index (χ3n) is 3.39. The van der Waals surface area contributed by atoms with Crippen molar-refractivity contribution in [3.05, 3.63) is 48.1 Å². The summed E-state index contributed by atoms with van der Waals surface area (Å²) in [6.07, 6.45) is 5.19. The highest BCUT2D eigenvalue weighted by Crippen LogP contribution is 2.32. The zero-order chi connectivity index (χ0) is 15.5. The van der Waals surface area contributed by atoms with Gasteiger partial charge in [-0.05, 0) is 17.7 Å². The number of allylic oxidation sites excluding steroid dienone is 2. The molecule has 2 rings (SSSR count). The smallest absolute Gasteiger partial charge is 0.333 e. The van der Waals surface area contributed by atoms with E-state index < -0.39 is 11.5 Å². The van der Waals surface area contributed by atoms with E-state index in [1.54, 1.807) is 19.3 Å². The highest BCUT2D eigenvalue weighted by Gasteiger charge is 2.37. The fraction of sp³-hybridized carbons (Fsp3) is 0.250. The van der Waals surface area contributed by atoms with E-state index in [0.29, 0.717) is 0 Å². The second-order valence-electron chi connectivity index (χ2n) is 4.85. The van der Waals surface area contributed by atoms with Gasteiger partial charge in [-0.15, -0.1) is 0 Å². The lowest BCUT2D eigenvalue weighted by Gasteiger charge is -2.28. The number of carbonyl (C=O) groups is 2. The van der Waals surface area contributed by atoms with E-state index in [0.717, 1.165) is 16.9 Å². The molecule has 1 aromatic rings. The highest BCUT2D eigenvalue weighted by molar-refractivity contribution is 5.91. The van der Waals surface area contributed by atoms with Crippen LogP contribution < -0.4 is 10.1 Å². The Morgan fingerprint density at radius 2 is 2.05 bits per heavy atom. The Balaban J connectivity index is 2.32. The van der Waals surface area contributed by atoms with Crippen molar-refractivity contribution in [2.45, 2.75) is 18.9 Å². The average Bonchev–Trinajstić information content (AvgIpc) is 2.47. The summed E-state index contributed by atoms with van der Waals surface area (Å²) in [7, 11) is 1.59. The van der Waals surface area contributed by atoms with Crippen molar-refractivity contribution >= 4 is 17.4 Å². The Labute approximate surface area is 122 Å².